The zero-order valence-electron chi connectivity index (χ0n) is 7.83. The fourth-order valence-electron chi connectivity index (χ4n) is 0.828. The molecule has 0 heterocycles. The van der Waals surface area contributed by atoms with E-state index in [1.165, 1.54) is 0 Å². The van der Waals surface area contributed by atoms with Crippen LogP contribution in [0.3, 0.4) is 0 Å². The molecule has 1 rings (SSSR count). The summed E-state index contributed by atoms with van der Waals surface area (Å²) in [5, 5.41) is 2.09. The second-order valence-corrected chi connectivity index (χ2v) is 3.94. The van der Waals surface area contributed by atoms with Crippen molar-refractivity contribution >= 4 is 15.8 Å². The predicted molar refractivity (Wildman–Crippen MR) is 44.5 cm³/mol. The van der Waals surface area contributed by atoms with Crippen LogP contribution in [0, 0.1) is 11.6 Å². The van der Waals surface area contributed by atoms with Crippen molar-refractivity contribution in [2.24, 2.45) is 0 Å². The van der Waals surface area contributed by atoms with E-state index in [9.17, 15) is 21.8 Å². The van der Waals surface area contributed by atoms with E-state index in [-0.39, 0.29) is 35.2 Å². The molecule has 0 saturated carbocycles. The summed E-state index contributed by atoms with van der Waals surface area (Å²) in [4.78, 5) is 0. The van der Waals surface area contributed by atoms with Crippen molar-refractivity contribution in [3.05, 3.63) is 29.8 Å². The van der Waals surface area contributed by atoms with E-state index in [1.807, 2.05) is 0 Å². The normalized spacial score (nSPS) is 10.6. The molecule has 4 nitrogen and oxygen atoms in total. The quantitative estimate of drug-likeness (QED) is 0.488. The Morgan fingerprint density at radius 2 is 1.67 bits per heavy atom. The van der Waals surface area contributed by atoms with Crippen LogP contribution in [0.5, 0.6) is 0 Å². The molecule has 0 amide bonds. The molecule has 8 heteroatoms. The number of anilines is 1. The van der Waals surface area contributed by atoms with Gasteiger partial charge < -0.3 is 9.87 Å². The number of hydrogen-bond donors (Lipinski definition) is 1. The largest absolute Gasteiger partial charge is 1.00 e. The average molecular weight is 245 g/mol. The van der Waals surface area contributed by atoms with Gasteiger partial charge in [-0.15, -0.1) is 0 Å². The molecule has 15 heavy (non-hydrogen) atoms. The van der Waals surface area contributed by atoms with Crippen molar-refractivity contribution in [1.29, 1.82) is 0 Å². The summed E-state index contributed by atoms with van der Waals surface area (Å²) < 4.78 is 55.6. The van der Waals surface area contributed by atoms with Crippen LogP contribution in [0.4, 0.5) is 14.5 Å². The molecular formula is C7H6F2NNaO3S. The Balaban J connectivity index is 0.00000196. The van der Waals surface area contributed by atoms with E-state index >= 15 is 0 Å². The molecule has 78 valence electrons. The van der Waals surface area contributed by atoms with Crippen LogP contribution in [0.2, 0.25) is 0 Å². The van der Waals surface area contributed by atoms with E-state index in [0.29, 0.717) is 6.07 Å². The van der Waals surface area contributed by atoms with Crippen LogP contribution in [0.15, 0.2) is 18.2 Å². The zero-order valence-corrected chi connectivity index (χ0v) is 10.6. The summed E-state index contributed by atoms with van der Waals surface area (Å²) in [6.45, 7) is 0. The summed E-state index contributed by atoms with van der Waals surface area (Å²) in [7, 11) is -4.45. The molecule has 0 aliphatic rings. The van der Waals surface area contributed by atoms with Gasteiger partial charge in [0.05, 0.1) is 0 Å². The third-order valence-corrected chi connectivity index (χ3v) is 1.81. The topological polar surface area (TPSA) is 69.2 Å². The Hall–Kier alpha value is -0.210. The second kappa shape index (κ2) is 5.76. The van der Waals surface area contributed by atoms with E-state index in [4.69, 9.17) is 0 Å². The van der Waals surface area contributed by atoms with Crippen molar-refractivity contribution in [2.45, 2.75) is 0 Å². The van der Waals surface area contributed by atoms with Gasteiger partial charge in [0.1, 0.15) is 27.6 Å². The third-order valence-electron chi connectivity index (χ3n) is 1.32. The SMILES string of the molecule is O=S(=O)([O-])CNc1cc(F)cc(F)c1.[Na+]. The predicted octanol–water partition coefficient (Wildman–Crippen LogP) is -2.12. The maximum atomic E-state index is 12.5. The van der Waals surface area contributed by atoms with Gasteiger partial charge in [0, 0.05) is 11.8 Å². The fourth-order valence-corrected chi connectivity index (χ4v) is 1.17. The van der Waals surface area contributed by atoms with Gasteiger partial charge in [0.15, 0.2) is 0 Å². The van der Waals surface area contributed by atoms with Gasteiger partial charge in [0.2, 0.25) is 0 Å². The molecule has 0 atom stereocenters. The van der Waals surface area contributed by atoms with Crippen LogP contribution in [-0.2, 0) is 10.1 Å². The van der Waals surface area contributed by atoms with Gasteiger partial charge >= 0.3 is 29.6 Å². The van der Waals surface area contributed by atoms with Crippen LogP contribution in [0.1, 0.15) is 0 Å². The first-order chi connectivity index (χ1) is 6.37. The Bertz CT molecular complexity index is 418. The van der Waals surface area contributed by atoms with Gasteiger partial charge in [-0.05, 0) is 12.1 Å². The van der Waals surface area contributed by atoms with Gasteiger partial charge in [-0.2, -0.15) is 0 Å². The Morgan fingerprint density at radius 3 is 2.07 bits per heavy atom. The molecular weight excluding hydrogens is 239 g/mol. The van der Waals surface area contributed by atoms with Gasteiger partial charge in [-0.25, -0.2) is 17.2 Å². The number of benzene rings is 1. The second-order valence-electron chi connectivity index (χ2n) is 2.54. The van der Waals surface area contributed by atoms with Crippen LogP contribution >= 0.6 is 0 Å². The van der Waals surface area contributed by atoms with Gasteiger partial charge in [-0.3, -0.25) is 0 Å². The molecule has 1 N–H and O–H groups in total. The first-order valence-corrected chi connectivity index (χ1v) is 5.08. The summed E-state index contributed by atoms with van der Waals surface area (Å²) in [6, 6.07) is 2.40. The monoisotopic (exact) mass is 245 g/mol. The third kappa shape index (κ3) is 6.06. The fraction of sp³-hybridized carbons (Fsp3) is 0.143. The molecule has 1 aromatic carbocycles. The van der Waals surface area contributed by atoms with E-state index < -0.39 is 27.6 Å². The van der Waals surface area contributed by atoms with E-state index in [0.717, 1.165) is 12.1 Å². The maximum Gasteiger partial charge on any atom is 1.00 e. The summed E-state index contributed by atoms with van der Waals surface area (Å²) in [5.74, 6) is -2.61. The molecule has 0 unspecified atom stereocenters. The molecule has 0 radical (unpaired) electrons. The average Bonchev–Trinajstić information content (AvgIpc) is 1.97. The maximum absolute atomic E-state index is 12.5. The Labute approximate surface area is 108 Å². The van der Waals surface area contributed by atoms with Crippen molar-refractivity contribution in [1.82, 2.24) is 0 Å². The first kappa shape index (κ1) is 14.8. The number of halogens is 2. The van der Waals surface area contributed by atoms with Gasteiger partial charge in [0.25, 0.3) is 0 Å². The number of rotatable bonds is 3. The minimum absolute atomic E-state index is 0. The summed E-state index contributed by atoms with van der Waals surface area (Å²) in [5.41, 5.74) is -0.0954. The molecule has 0 bridgehead atoms. The molecule has 0 aromatic heterocycles. The molecule has 0 fully saturated rings. The van der Waals surface area contributed by atoms with Crippen LogP contribution in [-0.4, -0.2) is 18.8 Å². The Kier molecular flexibility index (Phi) is 5.68. The summed E-state index contributed by atoms with van der Waals surface area (Å²) >= 11 is 0. The molecule has 0 saturated heterocycles. The zero-order chi connectivity index (χ0) is 10.8. The van der Waals surface area contributed by atoms with E-state index in [2.05, 4.69) is 5.32 Å². The van der Waals surface area contributed by atoms with Crippen LogP contribution < -0.4 is 34.9 Å². The minimum Gasteiger partial charge on any atom is -0.747 e. The van der Waals surface area contributed by atoms with Crippen molar-refractivity contribution in [3.8, 4) is 0 Å². The molecule has 1 aromatic rings. The van der Waals surface area contributed by atoms with Gasteiger partial charge in [-0.1, -0.05) is 0 Å². The minimum atomic E-state index is -4.45. The first-order valence-electron chi connectivity index (χ1n) is 3.50. The standard InChI is InChI=1S/C7H7F2NO3S.Na/c8-5-1-6(9)3-7(2-5)10-4-14(11,12)13;/h1-3,10H,4H2,(H,11,12,13);/q;+1/p-1. The Morgan fingerprint density at radius 1 is 1.20 bits per heavy atom. The number of nitrogens with one attached hydrogen (secondary N) is 1. The smallest absolute Gasteiger partial charge is 0.747 e. The molecule has 0 aliphatic carbocycles. The van der Waals surface area contributed by atoms with Crippen LogP contribution in [0.25, 0.3) is 0 Å². The van der Waals surface area contributed by atoms with Crippen molar-refractivity contribution in [2.75, 3.05) is 11.2 Å². The molecule has 0 aliphatic heterocycles. The van der Waals surface area contributed by atoms with E-state index in [1.54, 1.807) is 0 Å². The van der Waals surface area contributed by atoms with Crippen molar-refractivity contribution in [3.63, 3.8) is 0 Å². The van der Waals surface area contributed by atoms with Crippen molar-refractivity contribution < 1.29 is 51.3 Å². The molecule has 0 spiro atoms. The number of hydrogen-bond acceptors (Lipinski definition) is 4. The summed E-state index contributed by atoms with van der Waals surface area (Å²) in [6.07, 6.45) is 0.